The number of nitrogen functional groups attached to an aromatic ring is 1. The Bertz CT molecular complexity index is 568. The number of hydrazine groups is 1. The lowest BCUT2D eigenvalue weighted by Gasteiger charge is -2.18. The number of nitrogens with zero attached hydrogens (tertiary/aromatic N) is 2. The second-order valence-corrected chi connectivity index (χ2v) is 6.02. The van der Waals surface area contributed by atoms with Gasteiger partial charge in [-0.3, -0.25) is 0 Å². The third kappa shape index (κ3) is 4.15. The van der Waals surface area contributed by atoms with Gasteiger partial charge in [-0.15, -0.1) is 0 Å². The SMILES string of the molecule is CCCc1nc(NN)c(C)c(NC(C)Cc2ccsc2)n1. The van der Waals surface area contributed by atoms with Gasteiger partial charge in [0.05, 0.1) is 0 Å². The lowest BCUT2D eigenvalue weighted by atomic mass is 10.1. The third-order valence-corrected chi connectivity index (χ3v) is 4.04. The van der Waals surface area contributed by atoms with E-state index in [1.807, 2.05) is 6.92 Å². The van der Waals surface area contributed by atoms with Crippen LogP contribution in [0, 0.1) is 6.92 Å². The fraction of sp³-hybridized carbons (Fsp3) is 0.467. The average molecular weight is 305 g/mol. The highest BCUT2D eigenvalue weighted by Gasteiger charge is 2.12. The van der Waals surface area contributed by atoms with Crippen molar-refractivity contribution in [2.75, 3.05) is 10.7 Å². The number of hydrogen-bond donors (Lipinski definition) is 3. The van der Waals surface area contributed by atoms with Crippen LogP contribution in [0.3, 0.4) is 0 Å². The van der Waals surface area contributed by atoms with Gasteiger partial charge in [0.1, 0.15) is 17.5 Å². The summed E-state index contributed by atoms with van der Waals surface area (Å²) < 4.78 is 0. The van der Waals surface area contributed by atoms with Crippen LogP contribution in [0.5, 0.6) is 0 Å². The quantitative estimate of drug-likeness (QED) is 0.541. The van der Waals surface area contributed by atoms with Gasteiger partial charge < -0.3 is 10.7 Å². The summed E-state index contributed by atoms with van der Waals surface area (Å²) in [4.78, 5) is 9.06. The first kappa shape index (κ1) is 15.7. The standard InChI is InChI=1S/C15H23N5S/c1-4-5-13-18-14(11(3)15(19-13)20-16)17-10(2)8-12-6-7-21-9-12/h6-7,9-10H,4-5,8,16H2,1-3H3,(H2,17,18,19,20). The molecular weight excluding hydrogens is 282 g/mol. The van der Waals surface area contributed by atoms with Crippen molar-refractivity contribution in [3.8, 4) is 0 Å². The molecule has 21 heavy (non-hydrogen) atoms. The molecule has 6 heteroatoms. The largest absolute Gasteiger partial charge is 0.367 e. The van der Waals surface area contributed by atoms with Gasteiger partial charge in [0.2, 0.25) is 0 Å². The van der Waals surface area contributed by atoms with E-state index in [0.29, 0.717) is 11.9 Å². The molecule has 1 atom stereocenters. The summed E-state index contributed by atoms with van der Waals surface area (Å²) in [5.41, 5.74) is 4.96. The minimum atomic E-state index is 0.299. The van der Waals surface area contributed by atoms with E-state index in [0.717, 1.165) is 36.5 Å². The monoisotopic (exact) mass is 305 g/mol. The predicted molar refractivity (Wildman–Crippen MR) is 89.7 cm³/mol. The number of rotatable bonds is 7. The lowest BCUT2D eigenvalue weighted by Crippen LogP contribution is -2.21. The summed E-state index contributed by atoms with van der Waals surface area (Å²) in [5.74, 6) is 7.94. The maximum absolute atomic E-state index is 5.56. The van der Waals surface area contributed by atoms with Gasteiger partial charge in [0.15, 0.2) is 0 Å². The molecule has 0 aliphatic carbocycles. The Labute approximate surface area is 130 Å². The average Bonchev–Trinajstić information content (AvgIpc) is 2.95. The first-order chi connectivity index (χ1) is 10.1. The summed E-state index contributed by atoms with van der Waals surface area (Å²) in [6.45, 7) is 6.25. The fourth-order valence-corrected chi connectivity index (χ4v) is 2.91. The Morgan fingerprint density at radius 2 is 2.10 bits per heavy atom. The normalized spacial score (nSPS) is 12.2. The highest BCUT2D eigenvalue weighted by atomic mass is 32.1. The molecule has 4 N–H and O–H groups in total. The van der Waals surface area contributed by atoms with E-state index in [2.05, 4.69) is 51.4 Å². The van der Waals surface area contributed by atoms with Crippen molar-refractivity contribution in [1.29, 1.82) is 0 Å². The molecule has 2 rings (SSSR count). The second kappa shape index (κ2) is 7.38. The molecule has 0 saturated carbocycles. The molecule has 5 nitrogen and oxygen atoms in total. The molecular formula is C15H23N5S. The Kier molecular flexibility index (Phi) is 5.52. The maximum atomic E-state index is 5.56. The van der Waals surface area contributed by atoms with Crippen molar-refractivity contribution in [3.05, 3.63) is 33.8 Å². The van der Waals surface area contributed by atoms with Crippen molar-refractivity contribution in [2.24, 2.45) is 5.84 Å². The number of thiophene rings is 1. The molecule has 2 heterocycles. The summed E-state index contributed by atoms with van der Waals surface area (Å²) in [6.07, 6.45) is 2.83. The van der Waals surface area contributed by atoms with Crippen molar-refractivity contribution in [1.82, 2.24) is 9.97 Å². The summed E-state index contributed by atoms with van der Waals surface area (Å²) in [7, 11) is 0. The molecule has 0 aliphatic rings. The van der Waals surface area contributed by atoms with Gasteiger partial charge in [0, 0.05) is 18.0 Å². The number of aromatic nitrogens is 2. The van der Waals surface area contributed by atoms with E-state index in [1.54, 1.807) is 11.3 Å². The van der Waals surface area contributed by atoms with Crippen LogP contribution in [-0.2, 0) is 12.8 Å². The molecule has 0 radical (unpaired) electrons. The Hall–Kier alpha value is -1.66. The van der Waals surface area contributed by atoms with Gasteiger partial charge in [-0.2, -0.15) is 11.3 Å². The molecule has 0 aliphatic heterocycles. The van der Waals surface area contributed by atoms with E-state index >= 15 is 0 Å². The Balaban J connectivity index is 2.15. The number of hydrogen-bond acceptors (Lipinski definition) is 6. The van der Waals surface area contributed by atoms with E-state index in [4.69, 9.17) is 5.84 Å². The molecule has 2 aromatic heterocycles. The Morgan fingerprint density at radius 1 is 1.33 bits per heavy atom. The number of nitrogens with two attached hydrogens (primary N) is 1. The molecule has 0 spiro atoms. The molecule has 0 saturated heterocycles. The van der Waals surface area contributed by atoms with Crippen LogP contribution in [-0.4, -0.2) is 16.0 Å². The van der Waals surface area contributed by atoms with Gasteiger partial charge in [0.25, 0.3) is 0 Å². The van der Waals surface area contributed by atoms with Gasteiger partial charge >= 0.3 is 0 Å². The van der Waals surface area contributed by atoms with Crippen molar-refractivity contribution in [3.63, 3.8) is 0 Å². The fourth-order valence-electron chi connectivity index (χ4n) is 2.23. The zero-order valence-corrected chi connectivity index (χ0v) is 13.6. The van der Waals surface area contributed by atoms with Gasteiger partial charge in [-0.1, -0.05) is 6.92 Å². The van der Waals surface area contributed by atoms with Crippen molar-refractivity contribution in [2.45, 2.75) is 46.1 Å². The first-order valence-corrected chi connectivity index (χ1v) is 8.20. The predicted octanol–water partition coefficient (Wildman–Crippen LogP) is 3.13. The van der Waals surface area contributed by atoms with Crippen LogP contribution >= 0.6 is 11.3 Å². The molecule has 2 aromatic rings. The second-order valence-electron chi connectivity index (χ2n) is 5.24. The van der Waals surface area contributed by atoms with E-state index < -0.39 is 0 Å². The van der Waals surface area contributed by atoms with Crippen LogP contribution < -0.4 is 16.6 Å². The number of nitrogens with one attached hydrogen (secondary N) is 2. The van der Waals surface area contributed by atoms with Crippen LogP contribution in [0.1, 0.15) is 37.2 Å². The van der Waals surface area contributed by atoms with Crippen molar-refractivity contribution >= 4 is 23.0 Å². The minimum Gasteiger partial charge on any atom is -0.367 e. The lowest BCUT2D eigenvalue weighted by molar-refractivity contribution is 0.773. The number of aryl methyl sites for hydroxylation is 1. The van der Waals surface area contributed by atoms with E-state index in [9.17, 15) is 0 Å². The van der Waals surface area contributed by atoms with Crippen LogP contribution in [0.2, 0.25) is 0 Å². The summed E-state index contributed by atoms with van der Waals surface area (Å²) in [5, 5.41) is 7.77. The van der Waals surface area contributed by atoms with Gasteiger partial charge in [-0.05, 0) is 49.1 Å². The molecule has 0 fully saturated rings. The van der Waals surface area contributed by atoms with Crippen LogP contribution in [0.4, 0.5) is 11.6 Å². The molecule has 0 amide bonds. The highest BCUT2D eigenvalue weighted by Crippen LogP contribution is 2.21. The minimum absolute atomic E-state index is 0.299. The molecule has 0 bridgehead atoms. The van der Waals surface area contributed by atoms with Crippen LogP contribution in [0.25, 0.3) is 0 Å². The van der Waals surface area contributed by atoms with Gasteiger partial charge in [-0.25, -0.2) is 15.8 Å². The molecule has 1 unspecified atom stereocenters. The first-order valence-electron chi connectivity index (χ1n) is 7.25. The smallest absolute Gasteiger partial charge is 0.148 e. The van der Waals surface area contributed by atoms with Crippen LogP contribution in [0.15, 0.2) is 16.8 Å². The maximum Gasteiger partial charge on any atom is 0.148 e. The topological polar surface area (TPSA) is 75.9 Å². The van der Waals surface area contributed by atoms with E-state index in [1.165, 1.54) is 5.56 Å². The highest BCUT2D eigenvalue weighted by molar-refractivity contribution is 7.07. The van der Waals surface area contributed by atoms with Crippen molar-refractivity contribution < 1.29 is 0 Å². The summed E-state index contributed by atoms with van der Waals surface area (Å²) in [6, 6.07) is 2.46. The zero-order valence-electron chi connectivity index (χ0n) is 12.8. The molecule has 114 valence electrons. The number of anilines is 2. The molecule has 0 aromatic carbocycles. The Morgan fingerprint density at radius 3 is 2.71 bits per heavy atom. The zero-order chi connectivity index (χ0) is 15.2. The van der Waals surface area contributed by atoms with E-state index in [-0.39, 0.29) is 0 Å². The summed E-state index contributed by atoms with van der Waals surface area (Å²) >= 11 is 1.73. The third-order valence-electron chi connectivity index (χ3n) is 3.31.